The Bertz CT molecular complexity index is 349. The topological polar surface area (TPSA) is 37.3 Å². The van der Waals surface area contributed by atoms with Gasteiger partial charge in [-0.3, -0.25) is 4.79 Å². The predicted molar refractivity (Wildman–Crippen MR) is 76.7 cm³/mol. The third-order valence-corrected chi connectivity index (χ3v) is 4.52. The maximum absolute atomic E-state index is 11.0. The number of rotatable bonds is 5. The molecule has 1 unspecified atom stereocenters. The van der Waals surface area contributed by atoms with E-state index in [0.29, 0.717) is 0 Å². The molecule has 0 aliphatic heterocycles. The molecule has 1 atom stereocenters. The highest BCUT2D eigenvalue weighted by atomic mass is 127. The van der Waals surface area contributed by atoms with Crippen LogP contribution in [-0.4, -0.2) is 16.3 Å². The number of hydrogen-bond acceptors (Lipinski definition) is 2. The molecule has 0 bridgehead atoms. The van der Waals surface area contributed by atoms with Crippen molar-refractivity contribution in [2.75, 3.05) is 0 Å². The number of benzene rings is 1. The van der Waals surface area contributed by atoms with Gasteiger partial charge in [-0.15, -0.1) is 11.8 Å². The molecule has 0 spiro atoms. The summed E-state index contributed by atoms with van der Waals surface area (Å²) < 4.78 is 1.20. The van der Waals surface area contributed by atoms with Crippen molar-refractivity contribution < 1.29 is 9.90 Å². The molecule has 0 aliphatic rings. The lowest BCUT2D eigenvalue weighted by molar-refractivity contribution is -0.137. The van der Waals surface area contributed by atoms with E-state index in [-0.39, 0.29) is 11.2 Å². The molecule has 16 heavy (non-hydrogen) atoms. The zero-order valence-electron chi connectivity index (χ0n) is 9.31. The third kappa shape index (κ3) is 4.33. The summed E-state index contributed by atoms with van der Waals surface area (Å²) in [5.41, 5.74) is 1.18. The average Bonchev–Trinajstić information content (AvgIpc) is 2.20. The van der Waals surface area contributed by atoms with Crippen molar-refractivity contribution in [3.63, 3.8) is 0 Å². The van der Waals surface area contributed by atoms with E-state index in [1.807, 2.05) is 38.1 Å². The summed E-state index contributed by atoms with van der Waals surface area (Å²) in [6.07, 6.45) is 0. The fraction of sp³-hybridized carbons (Fsp3) is 0.417. The smallest absolute Gasteiger partial charge is 0.316 e. The molecule has 0 heterocycles. The van der Waals surface area contributed by atoms with Crippen LogP contribution in [0.25, 0.3) is 0 Å². The summed E-state index contributed by atoms with van der Waals surface area (Å²) in [5, 5.41) is 8.72. The van der Waals surface area contributed by atoms with Gasteiger partial charge in [0, 0.05) is 9.32 Å². The monoisotopic (exact) mass is 350 g/mol. The fourth-order valence-electron chi connectivity index (χ4n) is 1.32. The second-order valence-electron chi connectivity index (χ2n) is 3.94. The maximum atomic E-state index is 11.0. The van der Waals surface area contributed by atoms with E-state index < -0.39 is 5.97 Å². The van der Waals surface area contributed by atoms with Crippen molar-refractivity contribution in [2.45, 2.75) is 24.9 Å². The van der Waals surface area contributed by atoms with E-state index in [2.05, 4.69) is 22.6 Å². The van der Waals surface area contributed by atoms with Crippen molar-refractivity contribution in [1.29, 1.82) is 0 Å². The molecule has 1 aromatic carbocycles. The molecular weight excluding hydrogens is 335 g/mol. The standard InChI is InChI=1S/C12H15IO2S/c1-8(2)11(12(14)15)16-7-9-3-5-10(13)6-4-9/h3-6,8,11H,7H2,1-2H3,(H,14,15). The summed E-state index contributed by atoms with van der Waals surface area (Å²) in [6.45, 7) is 3.89. The molecule has 0 aromatic heterocycles. The van der Waals surface area contributed by atoms with Gasteiger partial charge >= 0.3 is 5.97 Å². The number of carboxylic acid groups (broad SMARTS) is 1. The van der Waals surface area contributed by atoms with Crippen LogP contribution in [0.5, 0.6) is 0 Å². The molecule has 1 aromatic rings. The predicted octanol–water partition coefficient (Wildman–Crippen LogP) is 3.63. The van der Waals surface area contributed by atoms with Gasteiger partial charge in [0.25, 0.3) is 0 Å². The van der Waals surface area contributed by atoms with Crippen LogP contribution in [0.3, 0.4) is 0 Å². The van der Waals surface area contributed by atoms with E-state index in [1.54, 1.807) is 0 Å². The quantitative estimate of drug-likeness (QED) is 0.824. The summed E-state index contributed by atoms with van der Waals surface area (Å²) >= 11 is 3.75. The first-order chi connectivity index (χ1) is 7.50. The highest BCUT2D eigenvalue weighted by Gasteiger charge is 2.21. The van der Waals surface area contributed by atoms with E-state index >= 15 is 0 Å². The highest BCUT2D eigenvalue weighted by Crippen LogP contribution is 2.24. The second-order valence-corrected chi connectivity index (χ2v) is 6.32. The zero-order valence-corrected chi connectivity index (χ0v) is 12.3. The Kier molecular flexibility index (Phi) is 5.61. The van der Waals surface area contributed by atoms with Crippen molar-refractivity contribution in [1.82, 2.24) is 0 Å². The average molecular weight is 350 g/mol. The minimum atomic E-state index is -0.717. The SMILES string of the molecule is CC(C)C(SCc1ccc(I)cc1)C(=O)O. The summed E-state index contributed by atoms with van der Waals surface area (Å²) in [5.74, 6) is 0.198. The minimum absolute atomic E-state index is 0.159. The maximum Gasteiger partial charge on any atom is 0.316 e. The fourth-order valence-corrected chi connectivity index (χ4v) is 2.77. The van der Waals surface area contributed by atoms with Gasteiger partial charge in [0.2, 0.25) is 0 Å². The van der Waals surface area contributed by atoms with Gasteiger partial charge in [0.15, 0.2) is 0 Å². The van der Waals surface area contributed by atoms with E-state index in [0.717, 1.165) is 5.75 Å². The van der Waals surface area contributed by atoms with Crippen molar-refractivity contribution in [3.8, 4) is 0 Å². The molecule has 0 saturated carbocycles. The Morgan fingerprint density at radius 2 is 1.94 bits per heavy atom. The van der Waals surface area contributed by atoms with Crippen LogP contribution in [-0.2, 0) is 10.5 Å². The molecular formula is C12H15IO2S. The normalized spacial score (nSPS) is 12.8. The molecule has 0 amide bonds. The number of hydrogen-bond donors (Lipinski definition) is 1. The molecule has 0 fully saturated rings. The van der Waals surface area contributed by atoms with E-state index in [9.17, 15) is 4.79 Å². The molecule has 88 valence electrons. The van der Waals surface area contributed by atoms with Crippen LogP contribution in [0, 0.1) is 9.49 Å². The molecule has 0 saturated heterocycles. The Morgan fingerprint density at radius 1 is 1.38 bits per heavy atom. The van der Waals surface area contributed by atoms with Gasteiger partial charge in [-0.25, -0.2) is 0 Å². The Hall–Kier alpha value is -0.230. The van der Waals surface area contributed by atoms with Gasteiger partial charge in [0.05, 0.1) is 0 Å². The van der Waals surface area contributed by atoms with Gasteiger partial charge < -0.3 is 5.11 Å². The molecule has 1 rings (SSSR count). The number of halogens is 1. The molecule has 4 heteroatoms. The van der Waals surface area contributed by atoms with Gasteiger partial charge in [-0.1, -0.05) is 26.0 Å². The first kappa shape index (κ1) is 13.8. The second kappa shape index (κ2) is 6.49. The Morgan fingerprint density at radius 3 is 2.38 bits per heavy atom. The highest BCUT2D eigenvalue weighted by molar-refractivity contribution is 14.1. The van der Waals surface area contributed by atoms with Gasteiger partial charge in [-0.2, -0.15) is 0 Å². The Labute approximate surface area is 114 Å². The largest absolute Gasteiger partial charge is 0.480 e. The lowest BCUT2D eigenvalue weighted by Gasteiger charge is -2.15. The van der Waals surface area contributed by atoms with Gasteiger partial charge in [-0.05, 0) is 46.2 Å². The van der Waals surface area contributed by atoms with Crippen LogP contribution < -0.4 is 0 Å². The molecule has 0 radical (unpaired) electrons. The first-order valence-corrected chi connectivity index (χ1v) is 7.22. The van der Waals surface area contributed by atoms with Crippen molar-refractivity contribution in [2.24, 2.45) is 5.92 Å². The van der Waals surface area contributed by atoms with Crippen LogP contribution in [0.1, 0.15) is 19.4 Å². The van der Waals surface area contributed by atoms with Gasteiger partial charge in [0.1, 0.15) is 5.25 Å². The lowest BCUT2D eigenvalue weighted by atomic mass is 10.1. The van der Waals surface area contributed by atoms with Crippen molar-refractivity contribution >= 4 is 40.3 Å². The zero-order chi connectivity index (χ0) is 12.1. The Balaban J connectivity index is 2.55. The van der Waals surface area contributed by atoms with E-state index in [4.69, 9.17) is 5.11 Å². The van der Waals surface area contributed by atoms with Crippen LogP contribution in [0.4, 0.5) is 0 Å². The third-order valence-electron chi connectivity index (χ3n) is 2.19. The number of aliphatic carboxylic acids is 1. The summed E-state index contributed by atoms with van der Waals surface area (Å²) in [7, 11) is 0. The minimum Gasteiger partial charge on any atom is -0.480 e. The van der Waals surface area contributed by atoms with Crippen molar-refractivity contribution in [3.05, 3.63) is 33.4 Å². The first-order valence-electron chi connectivity index (χ1n) is 5.09. The molecule has 2 nitrogen and oxygen atoms in total. The van der Waals surface area contributed by atoms with Crippen LogP contribution in [0.15, 0.2) is 24.3 Å². The van der Waals surface area contributed by atoms with Crippen LogP contribution >= 0.6 is 34.4 Å². The summed E-state index contributed by atoms with van der Waals surface area (Å²) in [6, 6.07) is 8.19. The van der Waals surface area contributed by atoms with Crippen LogP contribution in [0.2, 0.25) is 0 Å². The van der Waals surface area contributed by atoms with E-state index in [1.165, 1.54) is 20.9 Å². The summed E-state index contributed by atoms with van der Waals surface area (Å²) in [4.78, 5) is 11.0. The molecule has 1 N–H and O–H groups in total. The molecule has 0 aliphatic carbocycles. The lowest BCUT2D eigenvalue weighted by Crippen LogP contribution is -2.22. The number of thioether (sulfide) groups is 1. The number of carbonyl (C=O) groups is 1. The number of carboxylic acids is 1.